The van der Waals surface area contributed by atoms with Crippen molar-refractivity contribution in [1.82, 2.24) is 0 Å². The van der Waals surface area contributed by atoms with Gasteiger partial charge in [0.15, 0.2) is 0 Å². The van der Waals surface area contributed by atoms with Crippen molar-refractivity contribution >= 4 is 23.0 Å². The predicted molar refractivity (Wildman–Crippen MR) is 103 cm³/mol. The van der Waals surface area contributed by atoms with E-state index in [0.717, 1.165) is 0 Å². The molecule has 0 saturated carbocycles. The van der Waals surface area contributed by atoms with Crippen LogP contribution in [-0.2, 0) is 0 Å². The van der Waals surface area contributed by atoms with Gasteiger partial charge in [-0.3, -0.25) is 0 Å². The maximum atomic E-state index is 11.8. The Balaban J connectivity index is 2.26. The van der Waals surface area contributed by atoms with Crippen LogP contribution in [-0.4, -0.2) is 24.0 Å². The minimum atomic E-state index is -4.56. The van der Waals surface area contributed by atoms with Crippen LogP contribution >= 0.6 is 7.06 Å². The Morgan fingerprint density at radius 2 is 0.920 bits per heavy atom. The van der Waals surface area contributed by atoms with E-state index in [-0.39, 0.29) is 0 Å². The average Bonchev–Trinajstić information content (AvgIpc) is 2.69. The first kappa shape index (κ1) is 17.4. The van der Waals surface area contributed by atoms with Crippen LogP contribution in [0.15, 0.2) is 78.9 Å². The fourth-order valence-corrected chi connectivity index (χ4v) is 5.95. The summed E-state index contributed by atoms with van der Waals surface area (Å²) in [7, 11) is -1.41. The van der Waals surface area contributed by atoms with Crippen LogP contribution in [0.1, 0.15) is 0 Å². The first-order chi connectivity index (χ1) is 12.0. The summed E-state index contributed by atoms with van der Waals surface area (Å²) in [4.78, 5) is 23.6. The van der Waals surface area contributed by atoms with Gasteiger partial charge in [-0.1, -0.05) is 0 Å². The summed E-state index contributed by atoms with van der Waals surface area (Å²) in [5.41, 5.74) is 0. The quantitative estimate of drug-likeness (QED) is 0.689. The first-order valence-electron chi connectivity index (χ1n) is 7.85. The van der Waals surface area contributed by atoms with E-state index in [9.17, 15) is 9.79 Å². The molecule has 0 fully saturated rings. The molecule has 0 aromatic heterocycles. The zero-order valence-corrected chi connectivity index (χ0v) is 15.1. The van der Waals surface area contributed by atoms with Gasteiger partial charge in [0.1, 0.15) is 0 Å². The van der Waals surface area contributed by atoms with E-state index in [1.165, 1.54) is 0 Å². The van der Waals surface area contributed by atoms with Crippen molar-refractivity contribution in [2.75, 3.05) is 14.2 Å². The molecule has 0 bridgehead atoms. The molecule has 4 nitrogen and oxygen atoms in total. The van der Waals surface area contributed by atoms with Gasteiger partial charge in [-0.25, -0.2) is 0 Å². The van der Waals surface area contributed by atoms with Crippen molar-refractivity contribution in [2.45, 2.75) is 0 Å². The van der Waals surface area contributed by atoms with Crippen LogP contribution in [0.3, 0.4) is 0 Å². The van der Waals surface area contributed by atoms with Gasteiger partial charge in [-0.15, -0.1) is 0 Å². The maximum absolute atomic E-state index is 11.8. The van der Waals surface area contributed by atoms with Crippen molar-refractivity contribution in [3.8, 4) is 11.5 Å². The van der Waals surface area contributed by atoms with Gasteiger partial charge in [0.05, 0.1) is 0 Å². The van der Waals surface area contributed by atoms with Crippen LogP contribution in [0.4, 0.5) is 0 Å². The van der Waals surface area contributed by atoms with Crippen molar-refractivity contribution in [3.63, 3.8) is 0 Å². The second-order valence-corrected chi connectivity index (χ2v) is 9.36. The Hall–Kier alpha value is -2.39. The zero-order chi connectivity index (χ0) is 17.9. The van der Waals surface area contributed by atoms with Gasteiger partial charge < -0.3 is 0 Å². The molecule has 0 aliphatic carbocycles. The topological polar surface area (TPSA) is 58.9 Å². The van der Waals surface area contributed by atoms with E-state index >= 15 is 0 Å². The van der Waals surface area contributed by atoms with E-state index in [4.69, 9.17) is 9.47 Å². The second-order valence-electron chi connectivity index (χ2n) is 5.76. The third-order valence-corrected chi connectivity index (χ3v) is 8.20. The zero-order valence-electron chi connectivity index (χ0n) is 14.2. The van der Waals surface area contributed by atoms with Crippen LogP contribution < -0.4 is 25.4 Å². The van der Waals surface area contributed by atoms with Crippen LogP contribution in [0.5, 0.6) is 11.5 Å². The van der Waals surface area contributed by atoms with E-state index < -0.39 is 7.06 Å². The fourth-order valence-electron chi connectivity index (χ4n) is 2.89. The molecule has 5 heteroatoms. The van der Waals surface area contributed by atoms with E-state index in [1.54, 1.807) is 87.0 Å². The molecule has 0 aliphatic heterocycles. The number of rotatable bonds is 5. The molecule has 2 N–H and O–H groups in total. The Bertz CT molecular complexity index is 792. The summed E-state index contributed by atoms with van der Waals surface area (Å²) in [6.07, 6.45) is 0. The monoisotopic (exact) mass is 356 g/mol. The molecule has 3 aromatic rings. The molecule has 25 heavy (non-hydrogen) atoms. The Morgan fingerprint density at radius 3 is 1.28 bits per heavy atom. The SMILES string of the molecule is COc1ccc(P(O)(O)(c2ccccc2)c2ccc(OC)cc2)cc1. The van der Waals surface area contributed by atoms with Gasteiger partial charge in [0.2, 0.25) is 0 Å². The Kier molecular flexibility index (Phi) is 4.53. The second kappa shape index (κ2) is 6.49. The molecule has 0 amide bonds. The van der Waals surface area contributed by atoms with Gasteiger partial charge >= 0.3 is 147 Å². The summed E-state index contributed by atoms with van der Waals surface area (Å²) < 4.78 is 10.4. The van der Waals surface area contributed by atoms with Crippen LogP contribution in [0, 0.1) is 0 Å². The van der Waals surface area contributed by atoms with Gasteiger partial charge in [-0.2, -0.15) is 0 Å². The molecular formula is C20H21O4P. The van der Waals surface area contributed by atoms with Crippen LogP contribution in [0.25, 0.3) is 0 Å². The Labute approximate surface area is 147 Å². The van der Waals surface area contributed by atoms with Crippen molar-refractivity contribution in [1.29, 1.82) is 0 Å². The number of hydrogen-bond acceptors (Lipinski definition) is 4. The molecule has 3 aromatic carbocycles. The van der Waals surface area contributed by atoms with Crippen molar-refractivity contribution < 1.29 is 19.3 Å². The minimum absolute atomic E-state index is 0.447. The van der Waals surface area contributed by atoms with Gasteiger partial charge in [0, 0.05) is 0 Å². The van der Waals surface area contributed by atoms with Crippen LogP contribution in [0.2, 0.25) is 0 Å². The van der Waals surface area contributed by atoms with E-state index in [0.29, 0.717) is 27.4 Å². The van der Waals surface area contributed by atoms with Crippen molar-refractivity contribution in [2.24, 2.45) is 0 Å². The molecule has 0 unspecified atom stereocenters. The van der Waals surface area contributed by atoms with E-state index in [1.807, 2.05) is 6.07 Å². The molecule has 130 valence electrons. The first-order valence-corrected chi connectivity index (χ1v) is 9.99. The van der Waals surface area contributed by atoms with Gasteiger partial charge in [0.25, 0.3) is 0 Å². The summed E-state index contributed by atoms with van der Waals surface area (Å²) in [6.45, 7) is 0. The van der Waals surface area contributed by atoms with Gasteiger partial charge in [-0.05, 0) is 0 Å². The van der Waals surface area contributed by atoms with Crippen molar-refractivity contribution in [3.05, 3.63) is 78.9 Å². The molecule has 0 aliphatic rings. The molecule has 0 radical (unpaired) electrons. The third-order valence-electron chi connectivity index (χ3n) is 4.37. The Morgan fingerprint density at radius 1 is 0.560 bits per heavy atom. The number of benzene rings is 3. The molecule has 3 rings (SSSR count). The standard InChI is InChI=1S/C20H21O4P/c1-23-16-8-12-19(13-9-16)25(21,22,18-6-4-3-5-7-18)20-14-10-17(24-2)11-15-20/h3-15,21-22H,1-2H3. The predicted octanol–water partition coefficient (Wildman–Crippen LogP) is 2.35. The number of ether oxygens (including phenoxy) is 2. The number of methoxy groups -OCH3 is 2. The molecular weight excluding hydrogens is 335 g/mol. The summed E-state index contributed by atoms with van der Waals surface area (Å²) in [5, 5.41) is 1.37. The number of hydrogen-bond donors (Lipinski definition) is 2. The molecule has 0 atom stereocenters. The molecule has 0 heterocycles. The van der Waals surface area contributed by atoms with E-state index in [2.05, 4.69) is 0 Å². The molecule has 0 spiro atoms. The molecule has 0 saturated heterocycles. The third kappa shape index (κ3) is 2.89. The summed E-state index contributed by atoms with van der Waals surface area (Å²) in [6, 6.07) is 22.7. The normalized spacial score (nSPS) is 12.9. The summed E-state index contributed by atoms with van der Waals surface area (Å²) >= 11 is 0. The summed E-state index contributed by atoms with van der Waals surface area (Å²) in [5.74, 6) is 1.31. The average molecular weight is 356 g/mol. The fraction of sp³-hybridized carbons (Fsp3) is 0.100.